The van der Waals surface area contributed by atoms with E-state index in [1.165, 1.54) is 6.92 Å². The summed E-state index contributed by atoms with van der Waals surface area (Å²) in [6, 6.07) is 3.26. The Morgan fingerprint density at radius 2 is 1.77 bits per heavy atom. The fourth-order valence-electron chi connectivity index (χ4n) is 3.96. The number of H-pyrrole nitrogens is 1. The highest BCUT2D eigenvalue weighted by Crippen LogP contribution is 2.19. The van der Waals surface area contributed by atoms with E-state index in [9.17, 15) is 24.0 Å². The maximum absolute atomic E-state index is 13.1. The van der Waals surface area contributed by atoms with Crippen LogP contribution in [0.1, 0.15) is 31.7 Å². The fourth-order valence-corrected chi connectivity index (χ4v) is 3.96. The van der Waals surface area contributed by atoms with Gasteiger partial charge >= 0.3 is 11.9 Å². The lowest BCUT2D eigenvalue weighted by Crippen LogP contribution is -2.56. The average Bonchev–Trinajstić information content (AvgIpc) is 3.48. The van der Waals surface area contributed by atoms with Gasteiger partial charge in [-0.25, -0.2) is 4.79 Å². The van der Waals surface area contributed by atoms with E-state index >= 15 is 0 Å². The Morgan fingerprint density at radius 3 is 2.43 bits per heavy atom. The molecule has 35 heavy (non-hydrogen) atoms. The van der Waals surface area contributed by atoms with Gasteiger partial charge in [-0.1, -0.05) is 18.2 Å². The molecule has 0 saturated carbocycles. The predicted octanol–water partition coefficient (Wildman–Crippen LogP) is -0.504. The highest BCUT2D eigenvalue weighted by Gasteiger charge is 2.31. The lowest BCUT2D eigenvalue weighted by atomic mass is 10.0. The number of para-hydroxylation sites is 1. The van der Waals surface area contributed by atoms with Gasteiger partial charge in [0.05, 0.1) is 12.5 Å². The molecule has 1 aliphatic heterocycles. The Morgan fingerprint density at radius 1 is 1.03 bits per heavy atom. The van der Waals surface area contributed by atoms with Crippen molar-refractivity contribution < 1.29 is 34.2 Å². The first-order valence-electron chi connectivity index (χ1n) is 11.3. The van der Waals surface area contributed by atoms with E-state index in [0.717, 1.165) is 22.9 Å². The van der Waals surface area contributed by atoms with Crippen LogP contribution in [0.15, 0.2) is 30.5 Å². The van der Waals surface area contributed by atoms with Crippen LogP contribution in [0.4, 0.5) is 0 Å². The molecule has 1 aliphatic rings. The topological polar surface area (TPSA) is 190 Å². The minimum Gasteiger partial charge on any atom is -0.481 e. The van der Waals surface area contributed by atoms with Crippen molar-refractivity contribution in [3.05, 3.63) is 36.0 Å². The number of benzene rings is 1. The first kappa shape index (κ1) is 25.7. The van der Waals surface area contributed by atoms with Crippen LogP contribution in [0, 0.1) is 0 Å². The number of rotatable bonds is 11. The van der Waals surface area contributed by atoms with Gasteiger partial charge in [0.2, 0.25) is 17.7 Å². The summed E-state index contributed by atoms with van der Waals surface area (Å²) in [5, 5.41) is 29.3. The molecule has 12 heteroatoms. The zero-order valence-electron chi connectivity index (χ0n) is 19.2. The molecule has 3 rings (SSSR count). The highest BCUT2D eigenvalue weighted by atomic mass is 16.4. The standard InChI is InChI=1S/C23H29N5O7/c1-12(20(31)28-18(23(34)35)10-19(29)30)26-22(33)17(27-21(32)16-7-4-8-24-16)9-13-11-25-15-6-3-2-5-14(13)15/h2-3,5-6,11-12,16-18,24-25H,4,7-10H2,1H3,(H,26,33)(H,27,32)(H,28,31)(H,29,30)(H,34,35). The van der Waals surface area contributed by atoms with Gasteiger partial charge < -0.3 is 36.5 Å². The molecule has 1 saturated heterocycles. The van der Waals surface area contributed by atoms with Gasteiger partial charge in [0.15, 0.2) is 0 Å². The van der Waals surface area contributed by atoms with Crippen molar-refractivity contribution in [3.8, 4) is 0 Å². The number of fused-ring (bicyclic) bond motifs is 1. The van der Waals surface area contributed by atoms with Crippen molar-refractivity contribution in [2.24, 2.45) is 0 Å². The second-order valence-electron chi connectivity index (χ2n) is 8.50. The molecule has 188 valence electrons. The number of hydrogen-bond acceptors (Lipinski definition) is 6. The van der Waals surface area contributed by atoms with Crippen molar-refractivity contribution in [2.75, 3.05) is 6.54 Å². The smallest absolute Gasteiger partial charge is 0.326 e. The molecule has 2 heterocycles. The number of aliphatic carboxylic acids is 2. The fraction of sp³-hybridized carbons (Fsp3) is 0.435. The molecule has 7 N–H and O–H groups in total. The summed E-state index contributed by atoms with van der Waals surface area (Å²) in [5.74, 6) is -4.72. The maximum atomic E-state index is 13.1. The van der Waals surface area contributed by atoms with E-state index in [4.69, 9.17) is 10.2 Å². The Balaban J connectivity index is 1.72. The monoisotopic (exact) mass is 487 g/mol. The summed E-state index contributed by atoms with van der Waals surface area (Å²) in [7, 11) is 0. The second kappa shape index (κ2) is 11.5. The lowest BCUT2D eigenvalue weighted by molar-refractivity contribution is -0.147. The van der Waals surface area contributed by atoms with Gasteiger partial charge in [0.1, 0.15) is 18.1 Å². The van der Waals surface area contributed by atoms with Crippen molar-refractivity contribution in [2.45, 2.75) is 56.8 Å². The summed E-state index contributed by atoms with van der Waals surface area (Å²) in [6.07, 6.45) is 2.58. The minimum atomic E-state index is -1.64. The van der Waals surface area contributed by atoms with Crippen LogP contribution in [-0.4, -0.2) is 75.6 Å². The Hall–Kier alpha value is -3.93. The SMILES string of the molecule is CC(NC(=O)C(Cc1c[nH]c2ccccc12)NC(=O)C1CCCN1)C(=O)NC(CC(=O)O)C(=O)O. The number of carbonyl (C=O) groups is 5. The Labute approximate surface area is 200 Å². The van der Waals surface area contributed by atoms with Crippen LogP contribution in [-0.2, 0) is 30.4 Å². The van der Waals surface area contributed by atoms with Crippen molar-refractivity contribution in [3.63, 3.8) is 0 Å². The quantitative estimate of drug-likeness (QED) is 0.221. The van der Waals surface area contributed by atoms with Crippen LogP contribution in [0.3, 0.4) is 0 Å². The largest absolute Gasteiger partial charge is 0.481 e. The zero-order valence-corrected chi connectivity index (χ0v) is 19.2. The zero-order chi connectivity index (χ0) is 25.5. The molecule has 0 radical (unpaired) electrons. The number of carboxylic acid groups (broad SMARTS) is 2. The summed E-state index contributed by atoms with van der Waals surface area (Å²) < 4.78 is 0. The molecule has 3 amide bonds. The lowest BCUT2D eigenvalue weighted by Gasteiger charge is -2.23. The number of aromatic nitrogens is 1. The molecule has 0 spiro atoms. The highest BCUT2D eigenvalue weighted by molar-refractivity contribution is 5.95. The molecule has 4 atom stereocenters. The molecule has 12 nitrogen and oxygen atoms in total. The molecular weight excluding hydrogens is 458 g/mol. The van der Waals surface area contributed by atoms with E-state index in [0.29, 0.717) is 13.0 Å². The number of amides is 3. The first-order chi connectivity index (χ1) is 16.7. The maximum Gasteiger partial charge on any atom is 0.326 e. The predicted molar refractivity (Wildman–Crippen MR) is 124 cm³/mol. The summed E-state index contributed by atoms with van der Waals surface area (Å²) in [5.41, 5.74) is 1.67. The van der Waals surface area contributed by atoms with Crippen LogP contribution >= 0.6 is 0 Å². The van der Waals surface area contributed by atoms with E-state index in [1.807, 2.05) is 24.3 Å². The number of carboxylic acids is 2. The molecule has 0 aliphatic carbocycles. The molecule has 1 aromatic heterocycles. The molecule has 4 unspecified atom stereocenters. The number of carbonyl (C=O) groups excluding carboxylic acids is 3. The Bertz CT molecular complexity index is 1110. The molecule has 1 fully saturated rings. The minimum absolute atomic E-state index is 0.152. The third kappa shape index (κ3) is 6.79. The summed E-state index contributed by atoms with van der Waals surface area (Å²) in [4.78, 5) is 63.5. The second-order valence-corrected chi connectivity index (χ2v) is 8.50. The molecular formula is C23H29N5O7. The molecule has 0 bridgehead atoms. The third-order valence-electron chi connectivity index (χ3n) is 5.85. The molecule has 1 aromatic carbocycles. The third-order valence-corrected chi connectivity index (χ3v) is 5.85. The summed E-state index contributed by atoms with van der Waals surface area (Å²) >= 11 is 0. The van der Waals surface area contributed by atoms with Gasteiger partial charge in [-0.2, -0.15) is 0 Å². The van der Waals surface area contributed by atoms with E-state index < -0.39 is 54.3 Å². The number of hydrogen-bond donors (Lipinski definition) is 7. The van der Waals surface area contributed by atoms with Crippen LogP contribution in [0.2, 0.25) is 0 Å². The van der Waals surface area contributed by atoms with Crippen molar-refractivity contribution in [1.82, 2.24) is 26.3 Å². The van der Waals surface area contributed by atoms with Crippen molar-refractivity contribution in [1.29, 1.82) is 0 Å². The normalized spacial score (nSPS) is 17.8. The van der Waals surface area contributed by atoms with Gasteiger partial charge in [-0.05, 0) is 37.9 Å². The number of nitrogens with one attached hydrogen (secondary N) is 5. The van der Waals surface area contributed by atoms with Gasteiger partial charge in [0.25, 0.3) is 0 Å². The van der Waals surface area contributed by atoms with Crippen LogP contribution in [0.5, 0.6) is 0 Å². The van der Waals surface area contributed by atoms with Crippen LogP contribution < -0.4 is 21.3 Å². The summed E-state index contributed by atoms with van der Waals surface area (Å²) in [6.45, 7) is 2.05. The van der Waals surface area contributed by atoms with Gasteiger partial charge in [0, 0.05) is 23.5 Å². The van der Waals surface area contributed by atoms with Crippen molar-refractivity contribution >= 4 is 40.6 Å². The van der Waals surface area contributed by atoms with E-state index in [2.05, 4.69) is 26.3 Å². The van der Waals surface area contributed by atoms with Gasteiger partial charge in [-0.3, -0.25) is 19.2 Å². The van der Waals surface area contributed by atoms with Crippen LogP contribution in [0.25, 0.3) is 10.9 Å². The Kier molecular flexibility index (Phi) is 8.42. The molecule has 2 aromatic rings. The van der Waals surface area contributed by atoms with E-state index in [-0.39, 0.29) is 12.3 Å². The van der Waals surface area contributed by atoms with Gasteiger partial charge in [-0.15, -0.1) is 0 Å². The average molecular weight is 488 g/mol. The number of aromatic amines is 1. The van der Waals surface area contributed by atoms with E-state index in [1.54, 1.807) is 6.20 Å². The first-order valence-corrected chi connectivity index (χ1v) is 11.3.